The fourth-order valence-electron chi connectivity index (χ4n) is 4.43. The Bertz CT molecular complexity index is 958. The number of halogens is 3. The number of amides is 2. The van der Waals surface area contributed by atoms with Gasteiger partial charge >= 0.3 is 6.36 Å². The van der Waals surface area contributed by atoms with E-state index in [1.54, 1.807) is 15.9 Å². The Balaban J connectivity index is 1.31. The van der Waals surface area contributed by atoms with E-state index in [4.69, 9.17) is 0 Å². The topological polar surface area (TPSA) is 93.5 Å². The summed E-state index contributed by atoms with van der Waals surface area (Å²) in [6.45, 7) is 2.36. The molecule has 0 N–H and O–H groups in total. The zero-order chi connectivity index (χ0) is 22.8. The van der Waals surface area contributed by atoms with Crippen LogP contribution in [0.5, 0.6) is 5.75 Å². The fourth-order valence-corrected chi connectivity index (χ4v) is 4.43. The number of alkyl halides is 3. The lowest BCUT2D eigenvalue weighted by Gasteiger charge is -2.39. The first-order valence-electron chi connectivity index (χ1n) is 10.3. The van der Waals surface area contributed by atoms with Crippen molar-refractivity contribution >= 4 is 11.8 Å². The quantitative estimate of drug-likeness (QED) is 0.685. The van der Waals surface area contributed by atoms with Crippen LogP contribution in [0, 0.1) is 5.41 Å². The van der Waals surface area contributed by atoms with E-state index in [9.17, 15) is 22.8 Å². The number of carbonyl (C=O) groups is 2. The highest BCUT2D eigenvalue weighted by molar-refractivity contribution is 5.80. The normalized spacial score (nSPS) is 18.2. The average molecular weight is 452 g/mol. The number of nitrogens with zero attached hydrogens (tertiary/aromatic N) is 6. The van der Waals surface area contributed by atoms with Crippen LogP contribution in [0.15, 0.2) is 30.6 Å². The number of hydrogen-bond donors (Lipinski definition) is 0. The molecule has 0 saturated carbocycles. The van der Waals surface area contributed by atoms with Crippen LogP contribution in [-0.4, -0.2) is 74.4 Å². The van der Waals surface area contributed by atoms with Gasteiger partial charge in [-0.05, 0) is 41.2 Å². The van der Waals surface area contributed by atoms with E-state index in [0.717, 1.165) is 19.3 Å². The van der Waals surface area contributed by atoms with E-state index in [1.807, 2.05) is 0 Å². The molecule has 9 nitrogen and oxygen atoms in total. The van der Waals surface area contributed by atoms with Crippen molar-refractivity contribution in [3.63, 3.8) is 0 Å². The Labute approximate surface area is 182 Å². The molecule has 0 bridgehead atoms. The van der Waals surface area contributed by atoms with E-state index in [1.165, 1.54) is 29.2 Å². The lowest BCUT2D eigenvalue weighted by Crippen LogP contribution is -2.45. The van der Waals surface area contributed by atoms with Crippen LogP contribution in [0.25, 0.3) is 0 Å². The average Bonchev–Trinajstić information content (AvgIpc) is 3.39. The number of carbonyl (C=O) groups excluding carboxylic acids is 2. The molecule has 1 aromatic carbocycles. The molecule has 172 valence electrons. The zero-order valence-corrected chi connectivity index (χ0v) is 17.3. The van der Waals surface area contributed by atoms with Crippen LogP contribution >= 0.6 is 0 Å². The first-order chi connectivity index (χ1) is 15.2. The second-order valence-corrected chi connectivity index (χ2v) is 8.29. The van der Waals surface area contributed by atoms with Crippen LogP contribution < -0.4 is 4.74 Å². The summed E-state index contributed by atoms with van der Waals surface area (Å²) >= 11 is 0. The number of para-hydroxylation sites is 1. The highest BCUT2D eigenvalue weighted by atomic mass is 19.4. The van der Waals surface area contributed by atoms with Crippen LogP contribution in [-0.2, 0) is 22.6 Å². The summed E-state index contributed by atoms with van der Waals surface area (Å²) in [5.41, 5.74) is 0.141. The van der Waals surface area contributed by atoms with Crippen molar-refractivity contribution in [2.75, 3.05) is 26.2 Å². The van der Waals surface area contributed by atoms with Gasteiger partial charge in [-0.2, -0.15) is 0 Å². The van der Waals surface area contributed by atoms with Gasteiger partial charge in [-0.1, -0.05) is 18.2 Å². The molecular formula is C20H23F3N6O3. The molecule has 0 radical (unpaired) electrons. The Morgan fingerprint density at radius 2 is 1.72 bits per heavy atom. The summed E-state index contributed by atoms with van der Waals surface area (Å²) in [4.78, 5) is 28.7. The lowest BCUT2D eigenvalue weighted by molar-refractivity contribution is -0.274. The van der Waals surface area contributed by atoms with Crippen LogP contribution in [0.2, 0.25) is 0 Å². The molecule has 2 aliphatic rings. The Morgan fingerprint density at radius 3 is 2.38 bits per heavy atom. The molecule has 2 fully saturated rings. The molecule has 0 atom stereocenters. The third kappa shape index (κ3) is 5.17. The number of piperidine rings is 1. The Hall–Kier alpha value is -3.18. The number of tetrazole rings is 1. The SMILES string of the molecule is O=C(Cn1cnnn1)N1CCC2(CC1)CCN(C(=O)Cc1ccccc1OC(F)(F)F)C2. The number of hydrogen-bond acceptors (Lipinski definition) is 6. The smallest absolute Gasteiger partial charge is 0.405 e. The van der Waals surface area contributed by atoms with Gasteiger partial charge in [-0.3, -0.25) is 9.59 Å². The van der Waals surface area contributed by atoms with Gasteiger partial charge in [0.2, 0.25) is 11.8 Å². The van der Waals surface area contributed by atoms with Crippen molar-refractivity contribution in [1.82, 2.24) is 30.0 Å². The molecule has 2 saturated heterocycles. The number of aromatic nitrogens is 4. The molecule has 2 aliphatic heterocycles. The van der Waals surface area contributed by atoms with Gasteiger partial charge in [0.1, 0.15) is 18.6 Å². The molecule has 2 amide bonds. The highest BCUT2D eigenvalue weighted by Gasteiger charge is 2.42. The minimum Gasteiger partial charge on any atom is -0.405 e. The molecule has 0 aliphatic carbocycles. The van der Waals surface area contributed by atoms with Crippen LogP contribution in [0.4, 0.5) is 13.2 Å². The number of ether oxygens (including phenoxy) is 1. The van der Waals surface area contributed by atoms with Crippen molar-refractivity contribution in [3.05, 3.63) is 36.2 Å². The van der Waals surface area contributed by atoms with Gasteiger partial charge in [-0.25, -0.2) is 4.68 Å². The molecule has 1 aromatic heterocycles. The number of likely N-dealkylation sites (tertiary alicyclic amines) is 2. The number of benzene rings is 1. The van der Waals surface area contributed by atoms with E-state index >= 15 is 0 Å². The van der Waals surface area contributed by atoms with Crippen molar-refractivity contribution in [1.29, 1.82) is 0 Å². The highest BCUT2D eigenvalue weighted by Crippen LogP contribution is 2.40. The molecule has 12 heteroatoms. The van der Waals surface area contributed by atoms with Gasteiger partial charge in [0.05, 0.1) is 6.42 Å². The molecule has 1 spiro atoms. The van der Waals surface area contributed by atoms with E-state index in [2.05, 4.69) is 20.3 Å². The maximum absolute atomic E-state index is 12.8. The summed E-state index contributed by atoms with van der Waals surface area (Å²) in [5.74, 6) is -0.631. The summed E-state index contributed by atoms with van der Waals surface area (Å²) in [6, 6.07) is 5.71. The third-order valence-electron chi connectivity index (χ3n) is 6.20. The predicted molar refractivity (Wildman–Crippen MR) is 104 cm³/mol. The molecule has 32 heavy (non-hydrogen) atoms. The molecular weight excluding hydrogens is 429 g/mol. The zero-order valence-electron chi connectivity index (χ0n) is 17.3. The second kappa shape index (κ2) is 8.75. The van der Waals surface area contributed by atoms with Crippen LogP contribution in [0.1, 0.15) is 24.8 Å². The summed E-state index contributed by atoms with van der Waals surface area (Å²) in [5, 5.41) is 10.7. The summed E-state index contributed by atoms with van der Waals surface area (Å²) < 4.78 is 43.3. The van der Waals surface area contributed by atoms with E-state index < -0.39 is 6.36 Å². The lowest BCUT2D eigenvalue weighted by atomic mass is 9.78. The maximum atomic E-state index is 12.8. The van der Waals surface area contributed by atoms with Crippen molar-refractivity contribution < 1.29 is 27.5 Å². The molecule has 0 unspecified atom stereocenters. The van der Waals surface area contributed by atoms with Crippen molar-refractivity contribution in [2.45, 2.75) is 38.6 Å². The van der Waals surface area contributed by atoms with E-state index in [-0.39, 0.29) is 41.5 Å². The number of rotatable bonds is 5. The molecule has 4 rings (SSSR count). The monoisotopic (exact) mass is 452 g/mol. The standard InChI is InChI=1S/C20H23F3N6O3/c21-20(22,23)32-16-4-2-1-3-15(16)11-17(30)28-10-7-19(13-28)5-8-27(9-6-19)18(31)12-29-14-24-25-26-29/h1-4,14H,5-13H2. The first-order valence-corrected chi connectivity index (χ1v) is 10.3. The van der Waals surface area contributed by atoms with Gasteiger partial charge in [0.15, 0.2) is 0 Å². The summed E-state index contributed by atoms with van der Waals surface area (Å²) in [6.07, 6.45) is -1.22. The third-order valence-corrected chi connectivity index (χ3v) is 6.20. The second-order valence-electron chi connectivity index (χ2n) is 8.29. The van der Waals surface area contributed by atoms with Gasteiger partial charge in [0.25, 0.3) is 0 Å². The predicted octanol–water partition coefficient (Wildman–Crippen LogP) is 1.66. The minimum atomic E-state index is -4.81. The largest absolute Gasteiger partial charge is 0.573 e. The van der Waals surface area contributed by atoms with Gasteiger partial charge in [-0.15, -0.1) is 18.3 Å². The first kappa shape index (κ1) is 22.0. The summed E-state index contributed by atoms with van der Waals surface area (Å²) in [7, 11) is 0. The van der Waals surface area contributed by atoms with E-state index in [0.29, 0.717) is 26.2 Å². The van der Waals surface area contributed by atoms with Crippen molar-refractivity contribution in [3.8, 4) is 5.75 Å². The van der Waals surface area contributed by atoms with Gasteiger partial charge < -0.3 is 14.5 Å². The van der Waals surface area contributed by atoms with Gasteiger partial charge in [0, 0.05) is 31.7 Å². The molecule has 3 heterocycles. The Morgan fingerprint density at radius 1 is 1.03 bits per heavy atom. The maximum Gasteiger partial charge on any atom is 0.573 e. The Kier molecular flexibility index (Phi) is 6.02. The fraction of sp³-hybridized carbons (Fsp3) is 0.550. The van der Waals surface area contributed by atoms with Crippen molar-refractivity contribution in [2.24, 2.45) is 5.41 Å². The minimum absolute atomic E-state index is 0.0562. The van der Waals surface area contributed by atoms with Crippen LogP contribution in [0.3, 0.4) is 0 Å². The molecule has 2 aromatic rings.